The van der Waals surface area contributed by atoms with Gasteiger partial charge in [-0.3, -0.25) is 9.78 Å². The van der Waals surface area contributed by atoms with Crippen molar-refractivity contribution >= 4 is 11.6 Å². The lowest BCUT2D eigenvalue weighted by Gasteiger charge is -2.34. The molecule has 4 rings (SSSR count). The maximum atomic E-state index is 12.4. The monoisotopic (exact) mass is 306 g/mol. The van der Waals surface area contributed by atoms with E-state index < -0.39 is 0 Å². The second-order valence-electron chi connectivity index (χ2n) is 7.00. The highest BCUT2D eigenvalue weighted by atomic mass is 16.1. The normalized spacial score (nSPS) is 23.2. The van der Waals surface area contributed by atoms with Crippen molar-refractivity contribution in [1.29, 1.82) is 0 Å². The van der Waals surface area contributed by atoms with Gasteiger partial charge < -0.3 is 5.32 Å². The Morgan fingerprint density at radius 1 is 1.13 bits per heavy atom. The fourth-order valence-electron chi connectivity index (χ4n) is 3.57. The predicted molar refractivity (Wildman–Crippen MR) is 92.0 cm³/mol. The van der Waals surface area contributed by atoms with Crippen LogP contribution in [0.5, 0.6) is 0 Å². The molecule has 2 aliphatic rings. The van der Waals surface area contributed by atoms with Crippen molar-refractivity contribution in [1.82, 2.24) is 4.98 Å². The summed E-state index contributed by atoms with van der Waals surface area (Å²) < 4.78 is 0. The van der Waals surface area contributed by atoms with Crippen LogP contribution in [0.25, 0.3) is 11.3 Å². The average Bonchev–Trinajstić information content (AvgIpc) is 3.33. The van der Waals surface area contributed by atoms with Gasteiger partial charge in [0.2, 0.25) is 5.91 Å². The third-order valence-corrected chi connectivity index (χ3v) is 5.28. The summed E-state index contributed by atoms with van der Waals surface area (Å²) in [5.74, 6) is 2.12. The molecule has 0 unspecified atom stereocenters. The number of nitrogens with one attached hydrogen (secondary N) is 1. The number of anilines is 1. The van der Waals surface area contributed by atoms with Gasteiger partial charge in [-0.2, -0.15) is 0 Å². The molecule has 0 aliphatic heterocycles. The number of nitrogens with zero attached hydrogens (tertiary/aromatic N) is 1. The molecule has 118 valence electrons. The van der Waals surface area contributed by atoms with Crippen LogP contribution >= 0.6 is 0 Å². The van der Waals surface area contributed by atoms with Crippen LogP contribution in [0.3, 0.4) is 0 Å². The summed E-state index contributed by atoms with van der Waals surface area (Å²) in [4.78, 5) is 16.8. The molecular formula is C20H22N2O. The average molecular weight is 306 g/mol. The largest absolute Gasteiger partial charge is 0.326 e. The van der Waals surface area contributed by atoms with Gasteiger partial charge in [-0.15, -0.1) is 0 Å². The van der Waals surface area contributed by atoms with E-state index in [1.165, 1.54) is 18.4 Å². The maximum absolute atomic E-state index is 12.4. The number of benzene rings is 1. The van der Waals surface area contributed by atoms with Gasteiger partial charge in [-0.05, 0) is 74.3 Å². The second kappa shape index (κ2) is 5.80. The van der Waals surface area contributed by atoms with Crippen molar-refractivity contribution in [3.8, 4) is 11.3 Å². The van der Waals surface area contributed by atoms with Crippen molar-refractivity contribution in [2.75, 3.05) is 5.32 Å². The topological polar surface area (TPSA) is 42.0 Å². The number of carbonyl (C=O) groups excluding carboxylic acids is 1. The molecule has 3 heteroatoms. The van der Waals surface area contributed by atoms with Crippen molar-refractivity contribution < 1.29 is 4.79 Å². The summed E-state index contributed by atoms with van der Waals surface area (Å²) in [6, 6.07) is 12.0. The molecule has 2 saturated carbocycles. The van der Waals surface area contributed by atoms with Crippen LogP contribution < -0.4 is 5.32 Å². The molecule has 1 N–H and O–H groups in total. The molecule has 3 nitrogen and oxygen atoms in total. The zero-order valence-corrected chi connectivity index (χ0v) is 13.5. The van der Waals surface area contributed by atoms with E-state index in [4.69, 9.17) is 0 Å². The van der Waals surface area contributed by atoms with Gasteiger partial charge >= 0.3 is 0 Å². The molecule has 0 radical (unpaired) electrons. The number of rotatable bonds is 4. The Labute approximate surface area is 137 Å². The SMILES string of the molecule is Cc1ccc(NC(=O)[C@H]2C[C@@H](C3CC3)C2)cc1-c1ccccn1. The van der Waals surface area contributed by atoms with Crippen LogP contribution in [0, 0.1) is 24.7 Å². The van der Waals surface area contributed by atoms with Crippen LogP contribution in [-0.2, 0) is 4.79 Å². The molecule has 0 saturated heterocycles. The number of pyridine rings is 1. The Bertz CT molecular complexity index is 716. The molecule has 1 heterocycles. The minimum absolute atomic E-state index is 0.178. The summed E-state index contributed by atoms with van der Waals surface area (Å²) in [6.07, 6.45) is 6.71. The number of aromatic nitrogens is 1. The van der Waals surface area contributed by atoms with Gasteiger partial charge in [0, 0.05) is 23.4 Å². The zero-order valence-electron chi connectivity index (χ0n) is 13.5. The van der Waals surface area contributed by atoms with Crippen molar-refractivity contribution in [2.24, 2.45) is 17.8 Å². The highest BCUT2D eigenvalue weighted by Crippen LogP contribution is 2.49. The molecule has 0 bridgehead atoms. The number of aryl methyl sites for hydroxylation is 1. The summed E-state index contributed by atoms with van der Waals surface area (Å²) in [5, 5.41) is 3.09. The summed E-state index contributed by atoms with van der Waals surface area (Å²) in [5.41, 5.74) is 4.06. The highest BCUT2D eigenvalue weighted by Gasteiger charge is 2.42. The first-order valence-corrected chi connectivity index (χ1v) is 8.53. The van der Waals surface area contributed by atoms with E-state index in [9.17, 15) is 4.79 Å². The molecule has 0 spiro atoms. The summed E-state index contributed by atoms with van der Waals surface area (Å²) >= 11 is 0. The van der Waals surface area contributed by atoms with E-state index in [0.717, 1.165) is 41.6 Å². The van der Waals surface area contributed by atoms with Crippen LogP contribution in [-0.4, -0.2) is 10.9 Å². The van der Waals surface area contributed by atoms with Crippen molar-refractivity contribution in [3.05, 3.63) is 48.2 Å². The molecular weight excluding hydrogens is 284 g/mol. The summed E-state index contributed by atoms with van der Waals surface area (Å²) in [6.45, 7) is 2.07. The van der Waals surface area contributed by atoms with Crippen molar-refractivity contribution in [2.45, 2.75) is 32.6 Å². The highest BCUT2D eigenvalue weighted by molar-refractivity contribution is 5.93. The van der Waals surface area contributed by atoms with Gasteiger partial charge in [-0.1, -0.05) is 12.1 Å². The third-order valence-electron chi connectivity index (χ3n) is 5.28. The van der Waals surface area contributed by atoms with Gasteiger partial charge in [0.05, 0.1) is 5.69 Å². The zero-order chi connectivity index (χ0) is 15.8. The first-order chi connectivity index (χ1) is 11.2. The quantitative estimate of drug-likeness (QED) is 0.908. The van der Waals surface area contributed by atoms with Gasteiger partial charge in [0.1, 0.15) is 0 Å². The Kier molecular flexibility index (Phi) is 3.64. The van der Waals surface area contributed by atoms with Crippen molar-refractivity contribution in [3.63, 3.8) is 0 Å². The fourth-order valence-corrected chi connectivity index (χ4v) is 3.57. The molecule has 23 heavy (non-hydrogen) atoms. The van der Waals surface area contributed by atoms with Crippen LogP contribution in [0.1, 0.15) is 31.2 Å². The van der Waals surface area contributed by atoms with Gasteiger partial charge in [-0.25, -0.2) is 0 Å². The molecule has 2 fully saturated rings. The van der Waals surface area contributed by atoms with Gasteiger partial charge in [0.25, 0.3) is 0 Å². The Hall–Kier alpha value is -2.16. The lowest BCUT2D eigenvalue weighted by atomic mass is 9.72. The fraction of sp³-hybridized carbons (Fsp3) is 0.400. The van der Waals surface area contributed by atoms with Crippen LogP contribution in [0.2, 0.25) is 0 Å². The predicted octanol–water partition coefficient (Wildman–Crippen LogP) is 4.43. The van der Waals surface area contributed by atoms with Gasteiger partial charge in [0.15, 0.2) is 0 Å². The molecule has 1 amide bonds. The van der Waals surface area contributed by atoms with E-state index >= 15 is 0 Å². The van der Waals surface area contributed by atoms with Crippen LogP contribution in [0.4, 0.5) is 5.69 Å². The number of carbonyl (C=O) groups is 1. The van der Waals surface area contributed by atoms with E-state index in [1.807, 2.05) is 36.4 Å². The maximum Gasteiger partial charge on any atom is 0.227 e. The lowest BCUT2D eigenvalue weighted by Crippen LogP contribution is -2.35. The number of hydrogen-bond acceptors (Lipinski definition) is 2. The second-order valence-corrected chi connectivity index (χ2v) is 7.00. The molecule has 0 atom stereocenters. The lowest BCUT2D eigenvalue weighted by molar-refractivity contribution is -0.124. The molecule has 2 aliphatic carbocycles. The van der Waals surface area contributed by atoms with Crippen LogP contribution in [0.15, 0.2) is 42.6 Å². The summed E-state index contributed by atoms with van der Waals surface area (Å²) in [7, 11) is 0. The van der Waals surface area contributed by atoms with E-state index in [-0.39, 0.29) is 11.8 Å². The Morgan fingerprint density at radius 3 is 2.65 bits per heavy atom. The first kappa shape index (κ1) is 14.4. The standard InChI is InChI=1S/C20H22N2O/c1-13-5-8-17(12-18(13)19-4-2-3-9-21-19)22-20(23)16-10-15(11-16)14-6-7-14/h2-5,8-9,12,14-16H,6-7,10-11H2,1H3,(H,22,23)/t15-,16+. The van der Waals surface area contributed by atoms with E-state index in [0.29, 0.717) is 0 Å². The Balaban J connectivity index is 1.46. The molecule has 2 aromatic rings. The Morgan fingerprint density at radius 2 is 1.96 bits per heavy atom. The number of amides is 1. The molecule has 1 aromatic heterocycles. The van der Waals surface area contributed by atoms with E-state index in [2.05, 4.69) is 17.2 Å². The minimum atomic E-state index is 0.178. The number of hydrogen-bond donors (Lipinski definition) is 1. The first-order valence-electron chi connectivity index (χ1n) is 8.53. The van der Waals surface area contributed by atoms with E-state index in [1.54, 1.807) is 6.20 Å². The third kappa shape index (κ3) is 3.00. The smallest absolute Gasteiger partial charge is 0.227 e. The minimum Gasteiger partial charge on any atom is -0.326 e. The molecule has 1 aromatic carbocycles.